The number of carbonyl (C=O) groups is 1. The minimum Gasteiger partial charge on any atom is -0.395 e. The second-order valence-corrected chi connectivity index (χ2v) is 8.55. The highest BCUT2D eigenvalue weighted by molar-refractivity contribution is 5.99. The first-order valence-corrected chi connectivity index (χ1v) is 11.8. The zero-order chi connectivity index (χ0) is 25.8. The number of β-amino-alcohol motifs (C(OH)–C–C–N with tert-alkyl or cyclic N) is 1. The summed E-state index contributed by atoms with van der Waals surface area (Å²) in [4.78, 5) is 24.7. The fourth-order valence-electron chi connectivity index (χ4n) is 4.22. The van der Waals surface area contributed by atoms with Gasteiger partial charge in [-0.25, -0.2) is 14.4 Å². The third kappa shape index (κ3) is 5.42. The van der Waals surface area contributed by atoms with E-state index in [1.54, 1.807) is 30.3 Å². The van der Waals surface area contributed by atoms with E-state index in [-0.39, 0.29) is 24.1 Å². The monoisotopic (exact) mass is 503 g/mol. The maximum atomic E-state index is 15.0. The molecule has 0 unspecified atom stereocenters. The summed E-state index contributed by atoms with van der Waals surface area (Å²) in [5.74, 6) is -0.163. The van der Waals surface area contributed by atoms with E-state index >= 15 is 4.39 Å². The number of piperazine rings is 1. The lowest BCUT2D eigenvalue weighted by Crippen LogP contribution is -2.47. The molecule has 10 nitrogen and oxygen atoms in total. The molecule has 4 aromatic rings. The van der Waals surface area contributed by atoms with E-state index in [2.05, 4.69) is 42.1 Å². The van der Waals surface area contributed by atoms with Crippen molar-refractivity contribution in [3.05, 3.63) is 67.1 Å². The maximum absolute atomic E-state index is 15.0. The van der Waals surface area contributed by atoms with Gasteiger partial charge >= 0.3 is 0 Å². The van der Waals surface area contributed by atoms with Crippen molar-refractivity contribution in [2.45, 2.75) is 0 Å². The van der Waals surface area contributed by atoms with E-state index in [0.717, 1.165) is 31.9 Å². The summed E-state index contributed by atoms with van der Waals surface area (Å²) in [6, 6.07) is 12.1. The predicted molar refractivity (Wildman–Crippen MR) is 139 cm³/mol. The summed E-state index contributed by atoms with van der Waals surface area (Å²) in [7, 11) is 0. The quantitative estimate of drug-likeness (QED) is 0.311. The SMILES string of the molecule is C=CC(=O)Nc1cccc(-c2onc3cnc(Nc4ccc(N5CCN(CCO)CC5)cc4F)nc23)c1. The molecule has 0 saturated carbocycles. The smallest absolute Gasteiger partial charge is 0.247 e. The lowest BCUT2D eigenvalue weighted by molar-refractivity contribution is -0.111. The van der Waals surface area contributed by atoms with Gasteiger partial charge in [0, 0.05) is 49.7 Å². The van der Waals surface area contributed by atoms with E-state index in [1.165, 1.54) is 18.3 Å². The Morgan fingerprint density at radius 1 is 1.19 bits per heavy atom. The zero-order valence-corrected chi connectivity index (χ0v) is 20.0. The largest absolute Gasteiger partial charge is 0.395 e. The lowest BCUT2D eigenvalue weighted by Gasteiger charge is -2.35. The third-order valence-corrected chi connectivity index (χ3v) is 6.15. The number of aromatic nitrogens is 3. The molecule has 2 aromatic heterocycles. The average molecular weight is 504 g/mol. The molecule has 0 spiro atoms. The van der Waals surface area contributed by atoms with E-state index in [0.29, 0.717) is 34.6 Å². The van der Waals surface area contributed by atoms with Crippen LogP contribution in [0.4, 0.5) is 27.4 Å². The highest BCUT2D eigenvalue weighted by atomic mass is 19.1. The molecular formula is C26H26FN7O3. The number of anilines is 4. The van der Waals surface area contributed by atoms with Crippen LogP contribution in [0.3, 0.4) is 0 Å². The molecule has 0 radical (unpaired) electrons. The van der Waals surface area contributed by atoms with Gasteiger partial charge in [0.2, 0.25) is 11.9 Å². The van der Waals surface area contributed by atoms with Crippen LogP contribution in [0.15, 0.2) is 65.8 Å². The number of benzene rings is 2. The van der Waals surface area contributed by atoms with Crippen LogP contribution < -0.4 is 15.5 Å². The molecule has 1 fully saturated rings. The van der Waals surface area contributed by atoms with Gasteiger partial charge < -0.3 is 25.2 Å². The molecule has 1 aliphatic heterocycles. The number of amides is 1. The van der Waals surface area contributed by atoms with Crippen LogP contribution in [-0.4, -0.2) is 70.4 Å². The summed E-state index contributed by atoms with van der Waals surface area (Å²) in [6.45, 7) is 7.42. The Kier molecular flexibility index (Phi) is 7.06. The highest BCUT2D eigenvalue weighted by Gasteiger charge is 2.19. The van der Waals surface area contributed by atoms with Gasteiger partial charge in [-0.05, 0) is 36.4 Å². The molecule has 37 heavy (non-hydrogen) atoms. The van der Waals surface area contributed by atoms with Crippen molar-refractivity contribution in [1.29, 1.82) is 0 Å². The van der Waals surface area contributed by atoms with Gasteiger partial charge in [-0.1, -0.05) is 23.9 Å². The van der Waals surface area contributed by atoms with Crippen molar-refractivity contribution in [1.82, 2.24) is 20.0 Å². The number of carbonyl (C=O) groups excluding carboxylic acids is 1. The number of halogens is 1. The van der Waals surface area contributed by atoms with Crippen LogP contribution in [0.1, 0.15) is 0 Å². The van der Waals surface area contributed by atoms with Gasteiger partial charge in [-0.3, -0.25) is 9.69 Å². The molecule has 190 valence electrons. The van der Waals surface area contributed by atoms with Crippen LogP contribution in [0.25, 0.3) is 22.4 Å². The first-order valence-electron chi connectivity index (χ1n) is 11.8. The summed E-state index contributed by atoms with van der Waals surface area (Å²) in [6.07, 6.45) is 2.69. The minimum atomic E-state index is -0.421. The molecule has 0 aliphatic carbocycles. The average Bonchev–Trinajstić information content (AvgIpc) is 3.34. The molecular weight excluding hydrogens is 477 g/mol. The number of nitrogens with zero attached hydrogens (tertiary/aromatic N) is 5. The van der Waals surface area contributed by atoms with Gasteiger partial charge in [0.15, 0.2) is 11.3 Å². The van der Waals surface area contributed by atoms with Gasteiger partial charge in [0.05, 0.1) is 18.5 Å². The Labute approximate surface area is 212 Å². The zero-order valence-electron chi connectivity index (χ0n) is 20.0. The summed E-state index contributed by atoms with van der Waals surface area (Å²) in [5, 5.41) is 18.8. The van der Waals surface area contributed by atoms with E-state index in [4.69, 9.17) is 9.63 Å². The lowest BCUT2D eigenvalue weighted by atomic mass is 10.1. The number of fused-ring (bicyclic) bond motifs is 1. The van der Waals surface area contributed by atoms with Gasteiger partial charge in [0.25, 0.3) is 0 Å². The number of rotatable bonds is 8. The first kappa shape index (κ1) is 24.3. The number of aliphatic hydroxyl groups is 1. The fraction of sp³-hybridized carbons (Fsp3) is 0.231. The Balaban J connectivity index is 1.34. The molecule has 1 saturated heterocycles. The third-order valence-electron chi connectivity index (χ3n) is 6.15. The number of aliphatic hydroxyl groups excluding tert-OH is 1. The summed E-state index contributed by atoms with van der Waals surface area (Å²) >= 11 is 0. The molecule has 2 aromatic carbocycles. The number of nitrogens with one attached hydrogen (secondary N) is 2. The van der Waals surface area contributed by atoms with Crippen LogP contribution in [0.2, 0.25) is 0 Å². The van der Waals surface area contributed by atoms with Crippen molar-refractivity contribution >= 4 is 40.0 Å². The molecule has 5 rings (SSSR count). The van der Waals surface area contributed by atoms with Crippen molar-refractivity contribution in [2.75, 3.05) is 54.9 Å². The standard InChI is InChI=1S/C26H26FN7O3/c1-2-23(36)29-18-5-3-4-17(14-18)25-24-22(32-37-25)16-28-26(31-24)30-21-7-6-19(15-20(21)27)34-10-8-33(9-11-34)12-13-35/h2-7,14-16,35H,1,8-13H2,(H,29,36)(H,30,31). The topological polar surface area (TPSA) is 120 Å². The van der Waals surface area contributed by atoms with Crippen LogP contribution in [0.5, 0.6) is 0 Å². The fourth-order valence-corrected chi connectivity index (χ4v) is 4.22. The summed E-state index contributed by atoms with van der Waals surface area (Å²) in [5.41, 5.74) is 3.15. The molecule has 3 N–H and O–H groups in total. The molecule has 11 heteroatoms. The Hall–Kier alpha value is -4.35. The van der Waals surface area contributed by atoms with Crippen LogP contribution in [0, 0.1) is 5.82 Å². The van der Waals surface area contributed by atoms with E-state index in [1.807, 2.05) is 6.07 Å². The first-order chi connectivity index (χ1) is 18.0. The normalized spacial score (nSPS) is 14.1. The highest BCUT2D eigenvalue weighted by Crippen LogP contribution is 2.30. The number of hydrogen-bond donors (Lipinski definition) is 3. The second-order valence-electron chi connectivity index (χ2n) is 8.55. The number of hydrogen-bond acceptors (Lipinski definition) is 9. The minimum absolute atomic E-state index is 0.138. The van der Waals surface area contributed by atoms with Crippen molar-refractivity contribution < 1.29 is 18.8 Å². The maximum Gasteiger partial charge on any atom is 0.247 e. The molecule has 1 aliphatic rings. The predicted octanol–water partition coefficient (Wildman–Crippen LogP) is 3.41. The second kappa shape index (κ2) is 10.7. The molecule has 1 amide bonds. The van der Waals surface area contributed by atoms with Crippen molar-refractivity contribution in [3.63, 3.8) is 0 Å². The molecule has 3 heterocycles. The Morgan fingerprint density at radius 2 is 2.03 bits per heavy atom. The van der Waals surface area contributed by atoms with E-state index < -0.39 is 5.82 Å². The Morgan fingerprint density at radius 3 is 2.78 bits per heavy atom. The van der Waals surface area contributed by atoms with Crippen LogP contribution >= 0.6 is 0 Å². The van der Waals surface area contributed by atoms with Gasteiger partial charge in [0.1, 0.15) is 11.3 Å². The van der Waals surface area contributed by atoms with Crippen LogP contribution in [-0.2, 0) is 4.79 Å². The van der Waals surface area contributed by atoms with Crippen molar-refractivity contribution in [3.8, 4) is 11.3 Å². The molecule has 0 atom stereocenters. The van der Waals surface area contributed by atoms with E-state index in [9.17, 15) is 4.79 Å². The van der Waals surface area contributed by atoms with Gasteiger partial charge in [-0.2, -0.15) is 0 Å². The van der Waals surface area contributed by atoms with Gasteiger partial charge in [-0.15, -0.1) is 0 Å². The Bertz CT molecular complexity index is 1430. The summed E-state index contributed by atoms with van der Waals surface area (Å²) < 4.78 is 20.5. The van der Waals surface area contributed by atoms with Crippen molar-refractivity contribution in [2.24, 2.45) is 0 Å². The molecule has 0 bridgehead atoms.